The quantitative estimate of drug-likeness (QED) is 0.0261. The summed E-state index contributed by atoms with van der Waals surface area (Å²) in [7, 11) is 0. The zero-order chi connectivity index (χ0) is 57.1. The van der Waals surface area contributed by atoms with Crippen LogP contribution in [0.4, 0.5) is 0 Å². The highest BCUT2D eigenvalue weighted by Crippen LogP contribution is 2.17. The van der Waals surface area contributed by atoms with E-state index in [0.717, 1.165) is 116 Å². The molecule has 0 aromatic carbocycles. The molecule has 0 fully saturated rings. The van der Waals surface area contributed by atoms with Gasteiger partial charge in [-0.05, 0) is 103 Å². The Labute approximate surface area is 489 Å². The largest absolute Gasteiger partial charge is 0.462 e. The summed E-state index contributed by atoms with van der Waals surface area (Å²) < 4.78 is 17.0. The van der Waals surface area contributed by atoms with Crippen LogP contribution in [0.15, 0.2) is 97.2 Å². The average Bonchev–Trinajstić information content (AvgIpc) is 3.45. The second kappa shape index (κ2) is 66.8. The molecule has 454 valence electrons. The van der Waals surface area contributed by atoms with Gasteiger partial charge in [0.15, 0.2) is 6.10 Å². The first kappa shape index (κ1) is 75.3. The first-order valence-corrected chi connectivity index (χ1v) is 33.7. The standard InChI is InChI=1S/C73H126O6/c1-4-7-10-13-16-19-22-25-28-31-33-34-35-36-37-38-39-40-41-43-45-48-51-54-57-60-63-66-72(75)78-69-70(68-77-71(74)65-62-59-56-53-50-47-44-30-27-24-21-18-15-12-9-6-3)79-73(76)67-64-61-58-55-52-49-46-42-32-29-26-23-20-17-14-11-8-5-2/h7,10,16,19-20,23,25,28-29,32-34,36-37,39-40,70H,4-6,8-9,11-15,17-18,21-22,24,26-27,30-31,35,38,41-69H2,1-3H3/b10-7-,19-16-,23-20-,28-25-,32-29-,34-33-,37-36-,40-39-. The van der Waals surface area contributed by atoms with E-state index in [1.165, 1.54) is 173 Å². The summed E-state index contributed by atoms with van der Waals surface area (Å²) in [6.45, 7) is 6.54. The molecule has 0 rings (SSSR count). The van der Waals surface area contributed by atoms with Crippen LogP contribution < -0.4 is 0 Å². The second-order valence-corrected chi connectivity index (χ2v) is 22.4. The van der Waals surface area contributed by atoms with Gasteiger partial charge < -0.3 is 14.2 Å². The van der Waals surface area contributed by atoms with Gasteiger partial charge in [0.1, 0.15) is 13.2 Å². The fourth-order valence-electron chi connectivity index (χ4n) is 9.54. The molecule has 6 nitrogen and oxygen atoms in total. The van der Waals surface area contributed by atoms with Crippen LogP contribution in [0.3, 0.4) is 0 Å². The molecule has 1 atom stereocenters. The Morgan fingerprint density at radius 1 is 0.266 bits per heavy atom. The molecule has 0 aliphatic heterocycles. The lowest BCUT2D eigenvalue weighted by Crippen LogP contribution is -2.30. The van der Waals surface area contributed by atoms with Crippen LogP contribution in [0.25, 0.3) is 0 Å². The molecule has 0 spiro atoms. The Balaban J connectivity index is 4.36. The predicted molar refractivity (Wildman–Crippen MR) is 344 cm³/mol. The lowest BCUT2D eigenvalue weighted by molar-refractivity contribution is -0.167. The van der Waals surface area contributed by atoms with Crippen molar-refractivity contribution in [2.75, 3.05) is 13.2 Å². The van der Waals surface area contributed by atoms with Crippen LogP contribution in [0, 0.1) is 0 Å². The number of ether oxygens (including phenoxy) is 3. The third-order valence-electron chi connectivity index (χ3n) is 14.6. The molecule has 0 aliphatic rings. The SMILES string of the molecule is CC/C=C\C/C=C\C/C=C\C/C=C\C/C=C\C/C=C\CCCCCCCCCCC(=O)OCC(COC(=O)CCCCCCCCCCCCCCCCCC)OC(=O)CCCCCCCCC/C=C\C/C=C\CCCCCC. The molecule has 0 amide bonds. The molecule has 0 aromatic heterocycles. The highest BCUT2D eigenvalue weighted by Gasteiger charge is 2.19. The number of allylic oxidation sites excluding steroid dienone is 16. The normalized spacial score (nSPS) is 12.7. The van der Waals surface area contributed by atoms with Gasteiger partial charge in [0.25, 0.3) is 0 Å². The maximum atomic E-state index is 12.9. The second-order valence-electron chi connectivity index (χ2n) is 22.4. The van der Waals surface area contributed by atoms with Crippen LogP contribution in [-0.4, -0.2) is 37.2 Å². The summed E-state index contributed by atoms with van der Waals surface area (Å²) in [6.07, 6.45) is 89.8. The molecule has 0 saturated heterocycles. The number of hydrogen-bond acceptors (Lipinski definition) is 6. The van der Waals surface area contributed by atoms with Crippen molar-refractivity contribution in [3.63, 3.8) is 0 Å². The lowest BCUT2D eigenvalue weighted by atomic mass is 10.0. The van der Waals surface area contributed by atoms with Crippen LogP contribution in [-0.2, 0) is 28.6 Å². The average molecular weight is 1100 g/mol. The molecular formula is C73H126O6. The smallest absolute Gasteiger partial charge is 0.306 e. The molecule has 0 aliphatic carbocycles. The molecule has 0 saturated carbocycles. The topological polar surface area (TPSA) is 78.9 Å². The zero-order valence-electron chi connectivity index (χ0n) is 52.1. The first-order chi connectivity index (χ1) is 39.0. The Kier molecular flexibility index (Phi) is 63.7. The molecule has 0 radical (unpaired) electrons. The molecule has 1 unspecified atom stereocenters. The van der Waals surface area contributed by atoms with E-state index in [1.807, 2.05) is 0 Å². The molecule has 6 heteroatoms. The number of esters is 3. The summed E-state index contributed by atoms with van der Waals surface area (Å²) in [5, 5.41) is 0. The summed E-state index contributed by atoms with van der Waals surface area (Å²) in [5.41, 5.74) is 0. The third kappa shape index (κ3) is 65.0. The van der Waals surface area contributed by atoms with Crippen molar-refractivity contribution >= 4 is 17.9 Å². The first-order valence-electron chi connectivity index (χ1n) is 33.7. The Morgan fingerprint density at radius 3 is 0.785 bits per heavy atom. The third-order valence-corrected chi connectivity index (χ3v) is 14.6. The van der Waals surface area contributed by atoms with E-state index in [0.29, 0.717) is 19.3 Å². The minimum absolute atomic E-state index is 0.0802. The minimum Gasteiger partial charge on any atom is -0.462 e. The highest BCUT2D eigenvalue weighted by molar-refractivity contribution is 5.71. The van der Waals surface area contributed by atoms with Gasteiger partial charge in [0.05, 0.1) is 0 Å². The molecule has 0 N–H and O–H groups in total. The van der Waals surface area contributed by atoms with Gasteiger partial charge in [0.2, 0.25) is 0 Å². The predicted octanol–water partition coefficient (Wildman–Crippen LogP) is 23.2. The van der Waals surface area contributed by atoms with Gasteiger partial charge in [-0.15, -0.1) is 0 Å². The van der Waals surface area contributed by atoms with Crippen molar-refractivity contribution in [1.29, 1.82) is 0 Å². The van der Waals surface area contributed by atoms with E-state index in [1.54, 1.807) is 0 Å². The minimum atomic E-state index is -0.786. The number of carbonyl (C=O) groups is 3. The molecule has 79 heavy (non-hydrogen) atoms. The zero-order valence-corrected chi connectivity index (χ0v) is 52.1. The van der Waals surface area contributed by atoms with Gasteiger partial charge in [0, 0.05) is 19.3 Å². The Bertz CT molecular complexity index is 1540. The van der Waals surface area contributed by atoms with Gasteiger partial charge >= 0.3 is 17.9 Å². The highest BCUT2D eigenvalue weighted by atomic mass is 16.6. The van der Waals surface area contributed by atoms with E-state index < -0.39 is 6.10 Å². The van der Waals surface area contributed by atoms with E-state index >= 15 is 0 Å². The fraction of sp³-hybridized carbons (Fsp3) is 0.740. The maximum absolute atomic E-state index is 12.9. The Morgan fingerprint density at radius 2 is 0.494 bits per heavy atom. The lowest BCUT2D eigenvalue weighted by Gasteiger charge is -2.18. The summed E-state index contributed by atoms with van der Waals surface area (Å²) >= 11 is 0. The number of unbranched alkanes of at least 4 members (excludes halogenated alkanes) is 34. The van der Waals surface area contributed by atoms with Crippen molar-refractivity contribution in [2.24, 2.45) is 0 Å². The van der Waals surface area contributed by atoms with Crippen LogP contribution in [0.5, 0.6) is 0 Å². The Hall–Kier alpha value is -3.67. The van der Waals surface area contributed by atoms with Crippen molar-refractivity contribution in [3.05, 3.63) is 97.2 Å². The molecule has 0 aromatic rings. The number of hydrogen-bond donors (Lipinski definition) is 0. The fourth-order valence-corrected chi connectivity index (χ4v) is 9.54. The summed E-state index contributed by atoms with van der Waals surface area (Å²) in [4.78, 5) is 38.4. The van der Waals surface area contributed by atoms with Gasteiger partial charge in [-0.1, -0.05) is 304 Å². The van der Waals surface area contributed by atoms with Crippen molar-refractivity contribution in [1.82, 2.24) is 0 Å². The van der Waals surface area contributed by atoms with Crippen LogP contribution in [0.2, 0.25) is 0 Å². The van der Waals surface area contributed by atoms with Crippen molar-refractivity contribution in [3.8, 4) is 0 Å². The molecule has 0 bridgehead atoms. The van der Waals surface area contributed by atoms with E-state index in [-0.39, 0.29) is 31.1 Å². The molecule has 0 heterocycles. The monoisotopic (exact) mass is 1100 g/mol. The number of carbonyl (C=O) groups excluding carboxylic acids is 3. The van der Waals surface area contributed by atoms with Crippen molar-refractivity contribution in [2.45, 2.75) is 335 Å². The van der Waals surface area contributed by atoms with Gasteiger partial charge in [-0.25, -0.2) is 0 Å². The van der Waals surface area contributed by atoms with Crippen LogP contribution in [0.1, 0.15) is 329 Å². The summed E-state index contributed by atoms with van der Waals surface area (Å²) in [6, 6.07) is 0. The summed E-state index contributed by atoms with van der Waals surface area (Å²) in [5.74, 6) is -0.882. The van der Waals surface area contributed by atoms with Gasteiger partial charge in [-0.3, -0.25) is 14.4 Å². The van der Waals surface area contributed by atoms with Crippen LogP contribution >= 0.6 is 0 Å². The maximum Gasteiger partial charge on any atom is 0.306 e. The number of rotatable bonds is 61. The van der Waals surface area contributed by atoms with E-state index in [4.69, 9.17) is 14.2 Å². The van der Waals surface area contributed by atoms with E-state index in [9.17, 15) is 14.4 Å². The van der Waals surface area contributed by atoms with E-state index in [2.05, 4.69) is 118 Å². The van der Waals surface area contributed by atoms with Gasteiger partial charge in [-0.2, -0.15) is 0 Å². The van der Waals surface area contributed by atoms with Crippen molar-refractivity contribution < 1.29 is 28.6 Å². The molecular weight excluding hydrogens is 973 g/mol.